The van der Waals surface area contributed by atoms with E-state index in [-0.39, 0.29) is 42.6 Å². The van der Waals surface area contributed by atoms with Crippen LogP contribution in [-0.2, 0) is 23.9 Å². The quantitative estimate of drug-likeness (QED) is 0.123. The highest BCUT2D eigenvalue weighted by Crippen LogP contribution is 2.33. The highest BCUT2D eigenvalue weighted by molar-refractivity contribution is 9.10. The number of carbonyl (C=O) groups is 3. The molecule has 14 heteroatoms. The predicted molar refractivity (Wildman–Crippen MR) is 233 cm³/mol. The molecule has 3 atom stereocenters. The maximum atomic E-state index is 11.8. The standard InChI is InChI=1S/C22H24BrN3O3.C22H22BrN3O3/c2*1-14(27)6-8-18-19(10-11-21(28)29-2)26-22(20-5-3-4-12-24-20)16-13-15(23)7-9-17(16)25-18/h3-5,7,9,12-14,19,27H,6,8,10-11H2,1-2H3;3-5,7,9,12-13,19H,6,8,10-11H2,1-2H3/t14?,19-;19-/m00/s1. The van der Waals surface area contributed by atoms with Gasteiger partial charge in [-0.05, 0) is 107 Å². The highest BCUT2D eigenvalue weighted by atomic mass is 79.9. The number of hydrogen-bond acceptors (Lipinski definition) is 12. The van der Waals surface area contributed by atoms with Crippen molar-refractivity contribution in [3.8, 4) is 0 Å². The topological polar surface area (TPSA) is 165 Å². The lowest BCUT2D eigenvalue weighted by Crippen LogP contribution is -2.23. The Morgan fingerprint density at radius 3 is 1.55 bits per heavy atom. The van der Waals surface area contributed by atoms with Gasteiger partial charge in [0.1, 0.15) is 5.78 Å². The molecule has 1 N–H and O–H groups in total. The van der Waals surface area contributed by atoms with Crippen molar-refractivity contribution in [3.05, 3.63) is 117 Å². The average Bonchev–Trinajstić information content (AvgIpc) is 3.48. The monoisotopic (exact) mass is 912 g/mol. The number of fused-ring (bicyclic) bond motifs is 2. The zero-order valence-electron chi connectivity index (χ0n) is 32.9. The highest BCUT2D eigenvalue weighted by Gasteiger charge is 2.27. The number of ether oxygens (including phenoxy) is 2. The lowest BCUT2D eigenvalue weighted by Gasteiger charge is -2.16. The number of rotatable bonds is 14. The maximum absolute atomic E-state index is 11.8. The van der Waals surface area contributed by atoms with Gasteiger partial charge in [0, 0.05) is 63.2 Å². The van der Waals surface area contributed by atoms with E-state index in [4.69, 9.17) is 29.4 Å². The number of aromatic nitrogens is 2. The third kappa shape index (κ3) is 12.5. The van der Waals surface area contributed by atoms with Crippen molar-refractivity contribution in [2.24, 2.45) is 20.0 Å². The van der Waals surface area contributed by atoms with Gasteiger partial charge in [-0.2, -0.15) is 0 Å². The summed E-state index contributed by atoms with van der Waals surface area (Å²) in [5.74, 6) is -0.484. The lowest BCUT2D eigenvalue weighted by molar-refractivity contribution is -0.141. The molecule has 0 aliphatic carbocycles. The molecule has 2 aromatic heterocycles. The van der Waals surface area contributed by atoms with E-state index in [0.29, 0.717) is 38.5 Å². The van der Waals surface area contributed by atoms with Crippen molar-refractivity contribution in [2.45, 2.75) is 83.4 Å². The second kappa shape index (κ2) is 21.6. The first-order chi connectivity index (χ1) is 27.9. The minimum atomic E-state index is -0.439. The van der Waals surface area contributed by atoms with Gasteiger partial charge in [0.25, 0.3) is 0 Å². The van der Waals surface area contributed by atoms with E-state index in [1.807, 2.05) is 72.8 Å². The number of aliphatic imine (C=N–C) groups is 4. The fraction of sp³-hybridized carbons (Fsp3) is 0.341. The van der Waals surface area contributed by atoms with Crippen LogP contribution in [0.1, 0.15) is 87.7 Å². The van der Waals surface area contributed by atoms with Gasteiger partial charge in [0.05, 0.1) is 66.6 Å². The maximum Gasteiger partial charge on any atom is 0.305 e. The molecule has 0 spiro atoms. The van der Waals surface area contributed by atoms with E-state index in [9.17, 15) is 19.5 Å². The smallest absolute Gasteiger partial charge is 0.305 e. The summed E-state index contributed by atoms with van der Waals surface area (Å²) < 4.78 is 11.4. The summed E-state index contributed by atoms with van der Waals surface area (Å²) in [5, 5.41) is 9.78. The summed E-state index contributed by atoms with van der Waals surface area (Å²) >= 11 is 7.06. The van der Waals surface area contributed by atoms with Crippen LogP contribution in [0.15, 0.2) is 114 Å². The molecule has 58 heavy (non-hydrogen) atoms. The molecule has 0 fully saturated rings. The number of ketones is 1. The molecule has 0 saturated carbocycles. The third-order valence-corrected chi connectivity index (χ3v) is 10.3. The minimum Gasteiger partial charge on any atom is -0.469 e. The van der Waals surface area contributed by atoms with E-state index in [0.717, 1.165) is 65.7 Å². The Labute approximate surface area is 355 Å². The van der Waals surface area contributed by atoms with Crippen LogP contribution < -0.4 is 0 Å². The summed E-state index contributed by atoms with van der Waals surface area (Å²) in [7, 11) is 2.75. The van der Waals surface area contributed by atoms with Gasteiger partial charge in [0.2, 0.25) is 0 Å². The third-order valence-electron chi connectivity index (χ3n) is 9.36. The Hall–Kier alpha value is -5.05. The second-order valence-electron chi connectivity index (χ2n) is 13.8. The van der Waals surface area contributed by atoms with Crippen molar-refractivity contribution in [2.75, 3.05) is 14.2 Å². The molecule has 2 aliphatic rings. The Kier molecular flexibility index (Phi) is 16.4. The summed E-state index contributed by atoms with van der Waals surface area (Å²) in [6, 6.07) is 22.4. The van der Waals surface area contributed by atoms with Crippen molar-refractivity contribution in [3.63, 3.8) is 0 Å². The number of halogens is 2. The van der Waals surface area contributed by atoms with Crippen LogP contribution in [0.2, 0.25) is 0 Å². The first-order valence-corrected chi connectivity index (χ1v) is 20.6. The van der Waals surface area contributed by atoms with Gasteiger partial charge in [-0.25, -0.2) is 0 Å². The van der Waals surface area contributed by atoms with Crippen LogP contribution in [0.4, 0.5) is 11.4 Å². The number of nitrogens with zero attached hydrogens (tertiary/aromatic N) is 6. The molecule has 0 amide bonds. The van der Waals surface area contributed by atoms with E-state index in [1.54, 1.807) is 26.2 Å². The number of esters is 2. The molecule has 2 aromatic carbocycles. The zero-order valence-corrected chi connectivity index (χ0v) is 36.1. The van der Waals surface area contributed by atoms with Crippen LogP contribution in [0.3, 0.4) is 0 Å². The van der Waals surface area contributed by atoms with E-state index < -0.39 is 6.10 Å². The minimum absolute atomic E-state index is 0.0913. The van der Waals surface area contributed by atoms with Crippen LogP contribution in [0.25, 0.3) is 0 Å². The molecule has 4 heterocycles. The number of Topliss-reactive ketones (excluding diaryl/α,β-unsaturated/α-hetero) is 1. The fourth-order valence-corrected chi connectivity index (χ4v) is 7.07. The number of methoxy groups -OCH3 is 2. The number of carbonyl (C=O) groups excluding carboxylic acids is 3. The van der Waals surface area contributed by atoms with E-state index in [1.165, 1.54) is 14.2 Å². The van der Waals surface area contributed by atoms with Gasteiger partial charge in [-0.15, -0.1) is 0 Å². The van der Waals surface area contributed by atoms with Crippen molar-refractivity contribution < 1.29 is 29.0 Å². The summed E-state index contributed by atoms with van der Waals surface area (Å²) in [5.41, 5.74) is 7.91. The first kappa shape index (κ1) is 44.1. The van der Waals surface area contributed by atoms with Gasteiger partial charge in [-0.3, -0.25) is 39.5 Å². The fourth-order valence-electron chi connectivity index (χ4n) is 6.34. The predicted octanol–water partition coefficient (Wildman–Crippen LogP) is 8.71. The molecule has 302 valence electrons. The molecule has 1 unspecified atom stereocenters. The Morgan fingerprint density at radius 1 is 0.690 bits per heavy atom. The van der Waals surface area contributed by atoms with Gasteiger partial charge in [0.15, 0.2) is 0 Å². The summed E-state index contributed by atoms with van der Waals surface area (Å²) in [4.78, 5) is 63.8. The van der Waals surface area contributed by atoms with Crippen molar-refractivity contribution in [1.82, 2.24) is 9.97 Å². The van der Waals surface area contributed by atoms with Crippen molar-refractivity contribution in [1.29, 1.82) is 0 Å². The zero-order chi connectivity index (χ0) is 41.6. The molecule has 6 rings (SSSR count). The molecular weight excluding hydrogens is 868 g/mol. The first-order valence-electron chi connectivity index (χ1n) is 19.0. The molecule has 0 bridgehead atoms. The number of hydrogen-bond donors (Lipinski definition) is 1. The van der Waals surface area contributed by atoms with Gasteiger partial charge < -0.3 is 19.4 Å². The summed E-state index contributed by atoms with van der Waals surface area (Å²) in [6.07, 6.45) is 6.47. The van der Waals surface area contributed by atoms with Crippen LogP contribution in [0, 0.1) is 0 Å². The average molecular weight is 915 g/mol. The molecule has 2 aliphatic heterocycles. The molecule has 0 saturated heterocycles. The Bertz CT molecular complexity index is 2210. The Balaban J connectivity index is 0.000000221. The van der Waals surface area contributed by atoms with Crippen LogP contribution in [0.5, 0.6) is 0 Å². The van der Waals surface area contributed by atoms with Gasteiger partial charge in [-0.1, -0.05) is 44.0 Å². The lowest BCUT2D eigenvalue weighted by atomic mass is 10.0. The molecular formula is C44H46Br2N6O6. The largest absolute Gasteiger partial charge is 0.469 e. The van der Waals surface area contributed by atoms with E-state index in [2.05, 4.69) is 41.8 Å². The molecule has 4 aromatic rings. The van der Waals surface area contributed by atoms with Crippen LogP contribution >= 0.6 is 31.9 Å². The van der Waals surface area contributed by atoms with Crippen molar-refractivity contribution >= 4 is 83.8 Å². The van der Waals surface area contributed by atoms with Crippen LogP contribution in [-0.4, -0.2) is 88.1 Å². The summed E-state index contributed by atoms with van der Waals surface area (Å²) in [6.45, 7) is 3.32. The number of aliphatic hydroxyl groups excluding tert-OH is 1. The normalized spacial score (nSPS) is 16.3. The SMILES string of the molecule is COC(=O)CC[C@@H]1N=C(c2ccccn2)c2cc(Br)ccc2N=C1CCC(C)=O.COC(=O)CC[C@@H]1N=C(c2ccccn2)c2cc(Br)ccc2N=C1CCC(C)O. The Morgan fingerprint density at radius 2 is 1.16 bits per heavy atom. The van der Waals surface area contributed by atoms with E-state index >= 15 is 0 Å². The number of benzene rings is 2. The molecule has 0 radical (unpaired) electrons. The number of aliphatic hydroxyl groups is 1. The molecule has 12 nitrogen and oxygen atoms in total. The number of pyridine rings is 2. The van der Waals surface area contributed by atoms with Gasteiger partial charge >= 0.3 is 11.9 Å². The second-order valence-corrected chi connectivity index (χ2v) is 15.6.